The maximum absolute atomic E-state index is 12.1. The lowest BCUT2D eigenvalue weighted by molar-refractivity contribution is -0.113. The Bertz CT molecular complexity index is 1030. The minimum atomic E-state index is -0.228. The van der Waals surface area contributed by atoms with E-state index in [0.717, 1.165) is 11.3 Å². The number of para-hydroxylation sites is 1. The molecule has 28 heavy (non-hydrogen) atoms. The number of aryl methyl sites for hydroxylation is 1. The number of carbonyl (C=O) groups excluding carboxylic acids is 1. The SMILES string of the molecule is Cc1ccccc1OCc1nc(SCC(=O)Nc2ccc(C#N)c(Cl)c2)n[nH]1. The number of anilines is 1. The van der Waals surface area contributed by atoms with Crippen molar-refractivity contribution in [3.63, 3.8) is 0 Å². The molecule has 142 valence electrons. The molecule has 9 heteroatoms. The average molecular weight is 414 g/mol. The lowest BCUT2D eigenvalue weighted by Crippen LogP contribution is -2.14. The Balaban J connectivity index is 1.48. The van der Waals surface area contributed by atoms with Crippen LogP contribution in [0, 0.1) is 18.3 Å². The van der Waals surface area contributed by atoms with E-state index in [1.807, 2.05) is 37.3 Å². The second kappa shape index (κ2) is 9.26. The van der Waals surface area contributed by atoms with E-state index in [1.165, 1.54) is 17.8 Å². The molecule has 0 fully saturated rings. The Labute approximate surface area is 171 Å². The Hall–Kier alpha value is -3.02. The van der Waals surface area contributed by atoms with Crippen LogP contribution in [0.2, 0.25) is 5.02 Å². The van der Waals surface area contributed by atoms with Gasteiger partial charge in [-0.05, 0) is 36.8 Å². The van der Waals surface area contributed by atoms with E-state index >= 15 is 0 Å². The summed E-state index contributed by atoms with van der Waals surface area (Å²) in [5, 5.41) is 19.2. The summed E-state index contributed by atoms with van der Waals surface area (Å²) >= 11 is 7.16. The molecule has 1 aromatic heterocycles. The normalized spacial score (nSPS) is 10.3. The van der Waals surface area contributed by atoms with Crippen LogP contribution in [-0.2, 0) is 11.4 Å². The molecule has 1 heterocycles. The predicted octanol–water partition coefficient (Wildman–Crippen LogP) is 3.95. The molecule has 0 saturated carbocycles. The third-order valence-corrected chi connectivity index (χ3v) is 4.83. The van der Waals surface area contributed by atoms with Crippen molar-refractivity contribution >= 4 is 35.0 Å². The van der Waals surface area contributed by atoms with Crippen LogP contribution < -0.4 is 10.1 Å². The van der Waals surface area contributed by atoms with Crippen molar-refractivity contribution in [1.82, 2.24) is 15.2 Å². The topological polar surface area (TPSA) is 104 Å². The van der Waals surface area contributed by atoms with Gasteiger partial charge in [0, 0.05) is 5.69 Å². The molecule has 0 aliphatic heterocycles. The van der Waals surface area contributed by atoms with E-state index in [-0.39, 0.29) is 18.3 Å². The molecule has 0 saturated heterocycles. The first-order valence-electron chi connectivity index (χ1n) is 8.27. The molecule has 0 aliphatic rings. The number of ether oxygens (including phenoxy) is 1. The third kappa shape index (κ3) is 5.25. The standard InChI is InChI=1S/C19H16ClN5O2S/c1-12-4-2-3-5-16(12)27-10-17-23-19(25-24-17)28-11-18(26)22-14-7-6-13(9-21)15(20)8-14/h2-8H,10-11H2,1H3,(H,22,26)(H,23,24,25). The summed E-state index contributed by atoms with van der Waals surface area (Å²) in [5.74, 6) is 1.26. The molecular weight excluding hydrogens is 398 g/mol. The van der Waals surface area contributed by atoms with Crippen LogP contribution in [0.5, 0.6) is 5.75 Å². The van der Waals surface area contributed by atoms with Crippen LogP contribution in [0.1, 0.15) is 17.0 Å². The van der Waals surface area contributed by atoms with E-state index in [1.54, 1.807) is 12.1 Å². The van der Waals surface area contributed by atoms with Crippen LogP contribution in [0.4, 0.5) is 5.69 Å². The van der Waals surface area contributed by atoms with Gasteiger partial charge in [0.1, 0.15) is 18.4 Å². The van der Waals surface area contributed by atoms with Gasteiger partial charge in [-0.2, -0.15) is 5.26 Å². The molecule has 1 amide bonds. The first kappa shape index (κ1) is 19.7. The smallest absolute Gasteiger partial charge is 0.234 e. The second-order valence-corrected chi connectivity index (χ2v) is 7.11. The summed E-state index contributed by atoms with van der Waals surface area (Å²) in [6.45, 7) is 2.23. The van der Waals surface area contributed by atoms with Crippen LogP contribution in [-0.4, -0.2) is 26.8 Å². The highest BCUT2D eigenvalue weighted by atomic mass is 35.5. The highest BCUT2D eigenvalue weighted by molar-refractivity contribution is 7.99. The number of benzene rings is 2. The zero-order valence-corrected chi connectivity index (χ0v) is 16.5. The zero-order valence-electron chi connectivity index (χ0n) is 14.9. The zero-order chi connectivity index (χ0) is 19.9. The number of aromatic nitrogens is 3. The fourth-order valence-electron chi connectivity index (χ4n) is 2.28. The molecule has 2 aromatic carbocycles. The van der Waals surface area contributed by atoms with Gasteiger partial charge < -0.3 is 10.1 Å². The maximum atomic E-state index is 12.1. The molecule has 3 aromatic rings. The van der Waals surface area contributed by atoms with Gasteiger partial charge >= 0.3 is 0 Å². The van der Waals surface area contributed by atoms with Gasteiger partial charge in [-0.1, -0.05) is 41.6 Å². The van der Waals surface area contributed by atoms with Crippen molar-refractivity contribution in [2.75, 3.05) is 11.1 Å². The lowest BCUT2D eigenvalue weighted by atomic mass is 10.2. The first-order valence-corrected chi connectivity index (χ1v) is 9.63. The number of nitrogens with one attached hydrogen (secondary N) is 2. The Kier molecular flexibility index (Phi) is 6.53. The van der Waals surface area contributed by atoms with Crippen LogP contribution >= 0.6 is 23.4 Å². The Morgan fingerprint density at radius 2 is 2.18 bits per heavy atom. The molecule has 0 bridgehead atoms. The molecule has 0 aliphatic carbocycles. The van der Waals surface area contributed by atoms with Gasteiger partial charge in [-0.3, -0.25) is 9.89 Å². The first-order chi connectivity index (χ1) is 13.5. The van der Waals surface area contributed by atoms with Gasteiger partial charge in [-0.15, -0.1) is 5.10 Å². The summed E-state index contributed by atoms with van der Waals surface area (Å²) in [6, 6.07) is 14.4. The molecule has 0 atom stereocenters. The number of hydrogen-bond acceptors (Lipinski definition) is 6. The largest absolute Gasteiger partial charge is 0.485 e. The van der Waals surface area contributed by atoms with Crippen molar-refractivity contribution in [2.45, 2.75) is 18.7 Å². The number of halogens is 1. The fourth-order valence-corrected chi connectivity index (χ4v) is 3.12. The summed E-state index contributed by atoms with van der Waals surface area (Å²) < 4.78 is 5.71. The van der Waals surface area contributed by atoms with Crippen LogP contribution in [0.3, 0.4) is 0 Å². The van der Waals surface area contributed by atoms with Gasteiger partial charge in [0.05, 0.1) is 16.3 Å². The highest BCUT2D eigenvalue weighted by Crippen LogP contribution is 2.21. The van der Waals surface area contributed by atoms with E-state index in [9.17, 15) is 4.79 Å². The van der Waals surface area contributed by atoms with Crippen molar-refractivity contribution < 1.29 is 9.53 Å². The Morgan fingerprint density at radius 3 is 2.93 bits per heavy atom. The average Bonchev–Trinajstić information content (AvgIpc) is 3.14. The summed E-state index contributed by atoms with van der Waals surface area (Å²) in [7, 11) is 0. The van der Waals surface area contributed by atoms with Crippen LogP contribution in [0.25, 0.3) is 0 Å². The number of aromatic amines is 1. The van der Waals surface area contributed by atoms with E-state index in [2.05, 4.69) is 20.5 Å². The van der Waals surface area contributed by atoms with Crippen LogP contribution in [0.15, 0.2) is 47.6 Å². The second-order valence-electron chi connectivity index (χ2n) is 5.76. The number of H-pyrrole nitrogens is 1. The van der Waals surface area contributed by atoms with Crippen molar-refractivity contribution in [2.24, 2.45) is 0 Å². The predicted molar refractivity (Wildman–Crippen MR) is 107 cm³/mol. The quantitative estimate of drug-likeness (QED) is 0.568. The number of rotatable bonds is 7. The van der Waals surface area contributed by atoms with Crippen molar-refractivity contribution in [1.29, 1.82) is 5.26 Å². The number of thioether (sulfide) groups is 1. The summed E-state index contributed by atoms with van der Waals surface area (Å²) in [5.41, 5.74) is 1.92. The molecule has 7 nitrogen and oxygen atoms in total. The highest BCUT2D eigenvalue weighted by Gasteiger charge is 2.10. The third-order valence-electron chi connectivity index (χ3n) is 3.67. The van der Waals surface area contributed by atoms with Crippen molar-refractivity contribution in [3.8, 4) is 11.8 Å². The lowest BCUT2D eigenvalue weighted by Gasteiger charge is -2.06. The molecule has 0 unspecified atom stereocenters. The molecule has 0 radical (unpaired) electrons. The van der Waals surface area contributed by atoms with E-state index in [0.29, 0.717) is 27.3 Å². The van der Waals surface area contributed by atoms with Crippen molar-refractivity contribution in [3.05, 3.63) is 64.4 Å². The molecule has 3 rings (SSSR count). The van der Waals surface area contributed by atoms with Gasteiger partial charge in [0.15, 0.2) is 5.82 Å². The number of carbonyl (C=O) groups is 1. The van der Waals surface area contributed by atoms with Gasteiger partial charge in [-0.25, -0.2) is 4.98 Å². The number of amides is 1. The minimum Gasteiger partial charge on any atom is -0.485 e. The van der Waals surface area contributed by atoms with E-state index < -0.39 is 0 Å². The number of hydrogen-bond donors (Lipinski definition) is 2. The number of nitrogens with zero attached hydrogens (tertiary/aromatic N) is 3. The summed E-state index contributed by atoms with van der Waals surface area (Å²) in [6.07, 6.45) is 0. The fraction of sp³-hybridized carbons (Fsp3) is 0.158. The summed E-state index contributed by atoms with van der Waals surface area (Å²) in [4.78, 5) is 16.4. The monoisotopic (exact) mass is 413 g/mol. The molecule has 2 N–H and O–H groups in total. The van der Waals surface area contributed by atoms with Gasteiger partial charge in [0.2, 0.25) is 11.1 Å². The minimum absolute atomic E-state index is 0.133. The Morgan fingerprint density at radius 1 is 1.36 bits per heavy atom. The number of nitriles is 1. The van der Waals surface area contributed by atoms with E-state index in [4.69, 9.17) is 21.6 Å². The maximum Gasteiger partial charge on any atom is 0.234 e. The molecular formula is C19H16ClN5O2S. The molecule has 0 spiro atoms. The van der Waals surface area contributed by atoms with Gasteiger partial charge in [0.25, 0.3) is 0 Å².